The lowest BCUT2D eigenvalue weighted by Crippen LogP contribution is -2.26. The lowest BCUT2D eigenvalue weighted by molar-refractivity contribution is 0.0943. The zero-order chi connectivity index (χ0) is 16.3. The predicted octanol–water partition coefficient (Wildman–Crippen LogP) is 1.90. The summed E-state index contributed by atoms with van der Waals surface area (Å²) in [6.45, 7) is 1.90. The number of hydrogen-bond donors (Lipinski definition) is 2. The molecule has 0 aliphatic carbocycles. The van der Waals surface area contributed by atoms with Gasteiger partial charge in [0.25, 0.3) is 5.91 Å². The van der Waals surface area contributed by atoms with E-state index < -0.39 is 0 Å². The van der Waals surface area contributed by atoms with Gasteiger partial charge >= 0.3 is 0 Å². The van der Waals surface area contributed by atoms with Gasteiger partial charge in [0, 0.05) is 33.0 Å². The molecule has 0 unspecified atom stereocenters. The van der Waals surface area contributed by atoms with Crippen LogP contribution in [0, 0.1) is 0 Å². The van der Waals surface area contributed by atoms with E-state index in [1.165, 1.54) is 5.56 Å². The highest BCUT2D eigenvalue weighted by Crippen LogP contribution is 2.03. The molecule has 0 saturated heterocycles. The van der Waals surface area contributed by atoms with Crippen molar-refractivity contribution in [2.24, 2.45) is 0 Å². The van der Waals surface area contributed by atoms with E-state index in [9.17, 15) is 4.79 Å². The van der Waals surface area contributed by atoms with Crippen molar-refractivity contribution in [1.82, 2.24) is 15.3 Å². The highest BCUT2D eigenvalue weighted by molar-refractivity contribution is 5.92. The van der Waals surface area contributed by atoms with Gasteiger partial charge in [0.2, 0.25) is 5.95 Å². The van der Waals surface area contributed by atoms with Crippen molar-refractivity contribution in [3.05, 3.63) is 53.9 Å². The molecule has 2 aromatic rings. The lowest BCUT2D eigenvalue weighted by Gasteiger charge is -2.07. The molecule has 0 aliphatic heterocycles. The molecule has 1 amide bonds. The van der Waals surface area contributed by atoms with Crippen molar-refractivity contribution in [3.63, 3.8) is 0 Å². The van der Waals surface area contributed by atoms with Crippen molar-refractivity contribution in [1.29, 1.82) is 0 Å². The summed E-state index contributed by atoms with van der Waals surface area (Å²) in [4.78, 5) is 20.4. The largest absolute Gasteiger partial charge is 0.385 e. The minimum atomic E-state index is -0.199. The van der Waals surface area contributed by atoms with Crippen LogP contribution in [0.1, 0.15) is 22.5 Å². The van der Waals surface area contributed by atoms with Crippen LogP contribution < -0.4 is 10.6 Å². The van der Waals surface area contributed by atoms with Crippen LogP contribution in [0.15, 0.2) is 42.6 Å². The topological polar surface area (TPSA) is 76.1 Å². The number of methoxy groups -OCH3 is 1. The van der Waals surface area contributed by atoms with Gasteiger partial charge in [-0.2, -0.15) is 0 Å². The summed E-state index contributed by atoms with van der Waals surface area (Å²) in [6, 6.07) is 11.8. The molecule has 6 heteroatoms. The maximum atomic E-state index is 12.0. The average Bonchev–Trinajstić information content (AvgIpc) is 2.60. The van der Waals surface area contributed by atoms with E-state index >= 15 is 0 Å². The summed E-state index contributed by atoms with van der Waals surface area (Å²) in [6.07, 6.45) is 3.23. The van der Waals surface area contributed by atoms with E-state index in [-0.39, 0.29) is 5.91 Å². The number of rotatable bonds is 9. The summed E-state index contributed by atoms with van der Waals surface area (Å²) < 4.78 is 4.94. The molecule has 2 N–H and O–H groups in total. The molecule has 0 saturated carbocycles. The summed E-state index contributed by atoms with van der Waals surface area (Å²) in [5, 5.41) is 5.95. The molecule has 0 spiro atoms. The van der Waals surface area contributed by atoms with Crippen molar-refractivity contribution in [2.45, 2.75) is 12.8 Å². The number of amides is 1. The Labute approximate surface area is 136 Å². The third kappa shape index (κ3) is 6.04. The van der Waals surface area contributed by atoms with E-state index in [2.05, 4.69) is 32.7 Å². The number of nitrogens with zero attached hydrogens (tertiary/aromatic N) is 2. The van der Waals surface area contributed by atoms with Crippen LogP contribution in [0.3, 0.4) is 0 Å². The maximum absolute atomic E-state index is 12.0. The minimum absolute atomic E-state index is 0.199. The molecule has 2 rings (SSSR count). The Morgan fingerprint density at radius 1 is 1.17 bits per heavy atom. The number of hydrogen-bond acceptors (Lipinski definition) is 5. The van der Waals surface area contributed by atoms with Gasteiger partial charge in [0.1, 0.15) is 5.69 Å². The second-order valence-electron chi connectivity index (χ2n) is 5.03. The Bertz CT molecular complexity index is 605. The van der Waals surface area contributed by atoms with Gasteiger partial charge in [0.15, 0.2) is 0 Å². The summed E-state index contributed by atoms with van der Waals surface area (Å²) >= 11 is 0. The Morgan fingerprint density at radius 2 is 2.00 bits per heavy atom. The van der Waals surface area contributed by atoms with Gasteiger partial charge in [-0.05, 0) is 24.5 Å². The fourth-order valence-electron chi connectivity index (χ4n) is 2.04. The summed E-state index contributed by atoms with van der Waals surface area (Å²) in [5.74, 6) is 0.264. The third-order valence-corrected chi connectivity index (χ3v) is 3.24. The van der Waals surface area contributed by atoms with Crippen molar-refractivity contribution < 1.29 is 9.53 Å². The molecule has 6 nitrogen and oxygen atoms in total. The first-order chi connectivity index (χ1) is 11.3. The van der Waals surface area contributed by atoms with E-state index in [1.807, 2.05) is 18.2 Å². The molecule has 23 heavy (non-hydrogen) atoms. The van der Waals surface area contributed by atoms with Crippen LogP contribution in [-0.4, -0.2) is 42.7 Å². The molecule has 0 fully saturated rings. The first kappa shape index (κ1) is 16.9. The number of aromatic nitrogens is 2. The maximum Gasteiger partial charge on any atom is 0.270 e. The fraction of sp³-hybridized carbons (Fsp3) is 0.353. The van der Waals surface area contributed by atoms with Crippen molar-refractivity contribution in [3.8, 4) is 0 Å². The van der Waals surface area contributed by atoms with Crippen LogP contribution in [0.5, 0.6) is 0 Å². The number of benzene rings is 1. The van der Waals surface area contributed by atoms with Gasteiger partial charge in [-0.1, -0.05) is 30.3 Å². The monoisotopic (exact) mass is 314 g/mol. The summed E-state index contributed by atoms with van der Waals surface area (Å²) in [7, 11) is 1.64. The van der Waals surface area contributed by atoms with E-state index in [0.717, 1.165) is 12.8 Å². The fourth-order valence-corrected chi connectivity index (χ4v) is 2.04. The van der Waals surface area contributed by atoms with Gasteiger partial charge in [0.05, 0.1) is 0 Å². The molecule has 122 valence electrons. The van der Waals surface area contributed by atoms with Gasteiger partial charge < -0.3 is 15.4 Å². The average molecular weight is 314 g/mol. The zero-order valence-corrected chi connectivity index (χ0v) is 13.3. The molecule has 1 heterocycles. The Morgan fingerprint density at radius 3 is 2.78 bits per heavy atom. The molecular formula is C17H22N4O2. The van der Waals surface area contributed by atoms with Crippen molar-refractivity contribution >= 4 is 11.9 Å². The first-order valence-corrected chi connectivity index (χ1v) is 7.67. The Balaban J connectivity index is 1.80. The predicted molar refractivity (Wildman–Crippen MR) is 89.5 cm³/mol. The lowest BCUT2D eigenvalue weighted by atomic mass is 10.1. The molecular weight excluding hydrogens is 292 g/mol. The summed E-state index contributed by atoms with van der Waals surface area (Å²) in [5.41, 5.74) is 1.60. The first-order valence-electron chi connectivity index (χ1n) is 7.67. The number of anilines is 1. The van der Waals surface area contributed by atoms with Gasteiger partial charge in [-0.25, -0.2) is 9.97 Å². The van der Waals surface area contributed by atoms with Crippen LogP contribution >= 0.6 is 0 Å². The third-order valence-electron chi connectivity index (χ3n) is 3.24. The SMILES string of the molecule is COCCCNC(=O)c1ccnc(NCCc2ccccc2)n1. The van der Waals surface area contributed by atoms with Crippen LogP contribution in [-0.2, 0) is 11.2 Å². The number of carbonyl (C=O) groups excluding carboxylic acids is 1. The Hall–Kier alpha value is -2.47. The molecule has 0 aliphatic rings. The molecule has 1 aromatic carbocycles. The second-order valence-corrected chi connectivity index (χ2v) is 5.03. The Kier molecular flexibility index (Phi) is 7.00. The quantitative estimate of drug-likeness (QED) is 0.691. The highest BCUT2D eigenvalue weighted by Gasteiger charge is 2.07. The van der Waals surface area contributed by atoms with E-state index in [4.69, 9.17) is 4.74 Å². The van der Waals surface area contributed by atoms with Gasteiger partial charge in [-0.15, -0.1) is 0 Å². The number of ether oxygens (including phenoxy) is 1. The zero-order valence-electron chi connectivity index (χ0n) is 13.3. The normalized spacial score (nSPS) is 10.3. The minimum Gasteiger partial charge on any atom is -0.385 e. The second kappa shape index (κ2) is 9.53. The standard InChI is InChI=1S/C17H22N4O2/c1-23-13-5-10-18-16(22)15-9-12-20-17(21-15)19-11-8-14-6-3-2-4-7-14/h2-4,6-7,9,12H,5,8,10-11,13H2,1H3,(H,18,22)(H,19,20,21). The van der Waals surface area contributed by atoms with Crippen LogP contribution in [0.2, 0.25) is 0 Å². The van der Waals surface area contributed by atoms with Crippen LogP contribution in [0.25, 0.3) is 0 Å². The molecule has 0 radical (unpaired) electrons. The number of nitrogens with one attached hydrogen (secondary N) is 2. The highest BCUT2D eigenvalue weighted by atomic mass is 16.5. The smallest absolute Gasteiger partial charge is 0.270 e. The molecule has 1 aromatic heterocycles. The van der Waals surface area contributed by atoms with E-state index in [1.54, 1.807) is 19.4 Å². The number of carbonyl (C=O) groups is 1. The van der Waals surface area contributed by atoms with E-state index in [0.29, 0.717) is 31.3 Å². The molecule has 0 atom stereocenters. The van der Waals surface area contributed by atoms with Crippen LogP contribution in [0.4, 0.5) is 5.95 Å². The van der Waals surface area contributed by atoms with Crippen molar-refractivity contribution in [2.75, 3.05) is 32.1 Å². The molecule has 0 bridgehead atoms. The van der Waals surface area contributed by atoms with Gasteiger partial charge in [-0.3, -0.25) is 4.79 Å².